The number of pyridine rings is 1. The van der Waals surface area contributed by atoms with Gasteiger partial charge in [-0.2, -0.15) is 0 Å². The van der Waals surface area contributed by atoms with Gasteiger partial charge in [0.2, 0.25) is 0 Å². The largest absolute Gasteiger partial charge is 0.352 e. The highest BCUT2D eigenvalue weighted by Gasteiger charge is 2.45. The first-order valence-corrected chi connectivity index (χ1v) is 10.9. The van der Waals surface area contributed by atoms with Gasteiger partial charge in [0.05, 0.1) is 17.8 Å². The zero-order chi connectivity index (χ0) is 18.2. The Morgan fingerprint density at radius 1 is 0.926 bits per heavy atom. The Morgan fingerprint density at radius 3 is 2.37 bits per heavy atom. The molecule has 5 heteroatoms. The lowest BCUT2D eigenvalue weighted by molar-refractivity contribution is 0.233. The number of hydrogen-bond acceptors (Lipinski definition) is 2. The third-order valence-corrected chi connectivity index (χ3v) is 7.01. The lowest BCUT2D eigenvalue weighted by atomic mass is 9.99. The van der Waals surface area contributed by atoms with Gasteiger partial charge in [0, 0.05) is 30.2 Å². The molecule has 2 aliphatic carbocycles. The van der Waals surface area contributed by atoms with Crippen molar-refractivity contribution in [2.75, 3.05) is 0 Å². The van der Waals surface area contributed by atoms with Gasteiger partial charge in [0.15, 0.2) is 5.11 Å². The summed E-state index contributed by atoms with van der Waals surface area (Å²) in [5.41, 5.74) is 2.49. The highest BCUT2D eigenvalue weighted by atomic mass is 32.1. The Labute approximate surface area is 167 Å². The molecule has 0 aromatic carbocycles. The van der Waals surface area contributed by atoms with E-state index in [1.165, 1.54) is 57.1 Å². The Kier molecular flexibility index (Phi) is 4.64. The zero-order valence-corrected chi connectivity index (χ0v) is 16.6. The maximum absolute atomic E-state index is 5.86. The number of thiocarbonyl (C=S) groups is 1. The fourth-order valence-corrected chi connectivity index (χ4v) is 5.82. The lowest BCUT2D eigenvalue weighted by Crippen LogP contribution is -2.38. The average molecular weight is 381 g/mol. The summed E-state index contributed by atoms with van der Waals surface area (Å²) in [7, 11) is 0. The van der Waals surface area contributed by atoms with E-state index in [1.54, 1.807) is 0 Å². The molecule has 3 aliphatic rings. The minimum Gasteiger partial charge on any atom is -0.352 e. The number of rotatable bonds is 4. The molecule has 0 radical (unpaired) electrons. The summed E-state index contributed by atoms with van der Waals surface area (Å²) in [6.45, 7) is 0. The Balaban J connectivity index is 1.57. The van der Waals surface area contributed by atoms with Crippen LogP contribution in [0.25, 0.3) is 0 Å². The molecule has 4 nitrogen and oxygen atoms in total. The van der Waals surface area contributed by atoms with E-state index in [4.69, 9.17) is 12.2 Å². The highest BCUT2D eigenvalue weighted by Crippen LogP contribution is 2.44. The molecule has 3 heterocycles. The fraction of sp³-hybridized carbons (Fsp3) is 0.545. The van der Waals surface area contributed by atoms with E-state index in [-0.39, 0.29) is 12.1 Å². The molecule has 1 aliphatic heterocycles. The molecule has 2 atom stereocenters. The molecule has 0 amide bonds. The molecule has 27 heavy (non-hydrogen) atoms. The van der Waals surface area contributed by atoms with Crippen molar-refractivity contribution in [3.8, 4) is 0 Å². The SMILES string of the molecule is S=C1N[C@H](c2ccccn2)[C@@H](c2cccn2C2CCCC2)N1C1CCCC1. The Hall–Kier alpha value is -1.88. The molecule has 0 unspecified atom stereocenters. The molecule has 1 saturated heterocycles. The van der Waals surface area contributed by atoms with E-state index < -0.39 is 0 Å². The summed E-state index contributed by atoms with van der Waals surface area (Å²) >= 11 is 5.86. The van der Waals surface area contributed by atoms with Crippen LogP contribution in [0.2, 0.25) is 0 Å². The fourth-order valence-electron chi connectivity index (χ4n) is 5.43. The van der Waals surface area contributed by atoms with Crippen LogP contribution in [0, 0.1) is 0 Å². The van der Waals surface area contributed by atoms with Crippen molar-refractivity contribution in [3.63, 3.8) is 0 Å². The average Bonchev–Trinajstić information content (AvgIpc) is 3.46. The van der Waals surface area contributed by atoms with Gasteiger partial charge in [-0.1, -0.05) is 31.7 Å². The van der Waals surface area contributed by atoms with Crippen molar-refractivity contribution < 1.29 is 0 Å². The predicted octanol–water partition coefficient (Wildman–Crippen LogP) is 4.91. The van der Waals surface area contributed by atoms with Gasteiger partial charge in [0.1, 0.15) is 0 Å². The van der Waals surface area contributed by atoms with E-state index in [1.807, 2.05) is 12.3 Å². The molecular formula is C22H28N4S. The van der Waals surface area contributed by atoms with Crippen molar-refractivity contribution in [1.29, 1.82) is 0 Å². The molecular weight excluding hydrogens is 352 g/mol. The summed E-state index contributed by atoms with van der Waals surface area (Å²) in [5.74, 6) is 0. The second kappa shape index (κ2) is 7.27. The summed E-state index contributed by atoms with van der Waals surface area (Å²) in [5, 5.41) is 4.54. The number of nitrogens with one attached hydrogen (secondary N) is 1. The zero-order valence-electron chi connectivity index (χ0n) is 15.8. The van der Waals surface area contributed by atoms with E-state index in [0.717, 1.165) is 10.8 Å². The second-order valence-electron chi connectivity index (χ2n) is 8.25. The van der Waals surface area contributed by atoms with Gasteiger partial charge in [-0.05, 0) is 62.2 Å². The molecule has 2 aromatic heterocycles. The van der Waals surface area contributed by atoms with Crippen molar-refractivity contribution in [2.24, 2.45) is 0 Å². The summed E-state index contributed by atoms with van der Waals surface area (Å²) in [6.07, 6.45) is 14.6. The van der Waals surface area contributed by atoms with Gasteiger partial charge in [-0.15, -0.1) is 0 Å². The van der Waals surface area contributed by atoms with Crippen LogP contribution in [0.15, 0.2) is 42.7 Å². The summed E-state index contributed by atoms with van der Waals surface area (Å²) < 4.78 is 2.55. The first-order chi connectivity index (χ1) is 13.3. The molecule has 0 spiro atoms. The van der Waals surface area contributed by atoms with Crippen molar-refractivity contribution in [1.82, 2.24) is 19.8 Å². The first kappa shape index (κ1) is 17.2. The van der Waals surface area contributed by atoms with Crippen LogP contribution in [0.3, 0.4) is 0 Å². The number of nitrogens with zero attached hydrogens (tertiary/aromatic N) is 3. The molecule has 0 bridgehead atoms. The van der Waals surface area contributed by atoms with Crippen LogP contribution in [-0.2, 0) is 0 Å². The van der Waals surface area contributed by atoms with Gasteiger partial charge < -0.3 is 14.8 Å². The van der Waals surface area contributed by atoms with Crippen molar-refractivity contribution in [2.45, 2.75) is 75.5 Å². The Morgan fingerprint density at radius 2 is 1.67 bits per heavy atom. The van der Waals surface area contributed by atoms with Crippen LogP contribution < -0.4 is 5.32 Å². The molecule has 3 fully saturated rings. The van der Waals surface area contributed by atoms with Crippen LogP contribution in [0.4, 0.5) is 0 Å². The maximum atomic E-state index is 5.86. The molecule has 1 N–H and O–H groups in total. The van der Waals surface area contributed by atoms with Crippen LogP contribution >= 0.6 is 12.2 Å². The van der Waals surface area contributed by atoms with Crippen molar-refractivity contribution in [3.05, 3.63) is 54.1 Å². The minimum absolute atomic E-state index is 0.120. The maximum Gasteiger partial charge on any atom is 0.170 e. The van der Waals surface area contributed by atoms with Gasteiger partial charge in [0.25, 0.3) is 0 Å². The summed E-state index contributed by atoms with van der Waals surface area (Å²) in [4.78, 5) is 7.20. The predicted molar refractivity (Wildman–Crippen MR) is 111 cm³/mol. The van der Waals surface area contributed by atoms with E-state index in [0.29, 0.717) is 12.1 Å². The standard InChI is InChI=1S/C22H28N4S/c27-22-24-20(18-12-5-6-14-23-18)21(26(22)17-10-3-4-11-17)19-13-7-15-25(19)16-8-1-2-9-16/h5-7,12-17,20-21H,1-4,8-11H2,(H,24,27)/t20-,21-/m1/s1. The molecule has 2 saturated carbocycles. The van der Waals surface area contributed by atoms with Crippen LogP contribution in [-0.4, -0.2) is 25.6 Å². The van der Waals surface area contributed by atoms with Gasteiger partial charge in [-0.3, -0.25) is 4.98 Å². The Bertz CT molecular complexity index is 790. The number of aromatic nitrogens is 2. The van der Waals surface area contributed by atoms with E-state index in [2.05, 4.69) is 50.2 Å². The molecule has 2 aromatic rings. The lowest BCUT2D eigenvalue weighted by Gasteiger charge is -2.34. The molecule has 142 valence electrons. The van der Waals surface area contributed by atoms with Crippen LogP contribution in [0.1, 0.15) is 80.9 Å². The third-order valence-electron chi connectivity index (χ3n) is 6.69. The highest BCUT2D eigenvalue weighted by molar-refractivity contribution is 7.80. The van der Waals surface area contributed by atoms with E-state index in [9.17, 15) is 0 Å². The minimum atomic E-state index is 0.120. The van der Waals surface area contributed by atoms with Crippen molar-refractivity contribution >= 4 is 17.3 Å². The smallest absolute Gasteiger partial charge is 0.170 e. The normalized spacial score (nSPS) is 26.8. The number of hydrogen-bond donors (Lipinski definition) is 1. The topological polar surface area (TPSA) is 33.1 Å². The summed E-state index contributed by atoms with van der Waals surface area (Å²) in [6, 6.07) is 12.3. The monoisotopic (exact) mass is 380 g/mol. The van der Waals surface area contributed by atoms with Gasteiger partial charge in [-0.25, -0.2) is 0 Å². The quantitative estimate of drug-likeness (QED) is 0.764. The third kappa shape index (κ3) is 3.06. The first-order valence-electron chi connectivity index (χ1n) is 10.5. The van der Waals surface area contributed by atoms with E-state index >= 15 is 0 Å². The second-order valence-corrected chi connectivity index (χ2v) is 8.64. The van der Waals surface area contributed by atoms with Gasteiger partial charge >= 0.3 is 0 Å². The van der Waals surface area contributed by atoms with Crippen LogP contribution in [0.5, 0.6) is 0 Å². The molecule has 5 rings (SSSR count).